The van der Waals surface area contributed by atoms with Crippen molar-refractivity contribution in [3.63, 3.8) is 0 Å². The molecule has 0 unspecified atom stereocenters. The highest BCUT2D eigenvalue weighted by molar-refractivity contribution is 5.86. The zero-order chi connectivity index (χ0) is 14.0. The monoisotopic (exact) mass is 262 g/mol. The quantitative estimate of drug-likeness (QED) is 0.889. The average Bonchev–Trinajstić information content (AvgIpc) is 2.76. The molecule has 0 aliphatic heterocycles. The summed E-state index contributed by atoms with van der Waals surface area (Å²) in [6.45, 7) is 3.05. The van der Waals surface area contributed by atoms with Gasteiger partial charge in [-0.2, -0.15) is 5.10 Å². The van der Waals surface area contributed by atoms with Gasteiger partial charge in [-0.25, -0.2) is 9.18 Å². The molecule has 2 rings (SSSR count). The Morgan fingerprint density at radius 3 is 2.74 bits per heavy atom. The second-order valence-corrected chi connectivity index (χ2v) is 5.07. The van der Waals surface area contributed by atoms with Gasteiger partial charge in [0.15, 0.2) is 0 Å². The van der Waals surface area contributed by atoms with E-state index in [9.17, 15) is 9.18 Å². The van der Waals surface area contributed by atoms with Crippen LogP contribution < -0.4 is 0 Å². The van der Waals surface area contributed by atoms with E-state index in [1.54, 1.807) is 0 Å². The van der Waals surface area contributed by atoms with Gasteiger partial charge in [0, 0.05) is 12.0 Å². The molecule has 0 spiro atoms. The minimum absolute atomic E-state index is 0.0335. The molecule has 2 N–H and O–H groups in total. The van der Waals surface area contributed by atoms with Crippen molar-refractivity contribution in [2.75, 3.05) is 0 Å². The van der Waals surface area contributed by atoms with Gasteiger partial charge in [-0.1, -0.05) is 18.2 Å². The summed E-state index contributed by atoms with van der Waals surface area (Å²) in [6.07, 6.45) is 0.303. The normalized spacial score (nSPS) is 11.5. The van der Waals surface area contributed by atoms with Gasteiger partial charge in [-0.15, -0.1) is 0 Å². The second-order valence-electron chi connectivity index (χ2n) is 5.07. The van der Waals surface area contributed by atoms with Crippen LogP contribution in [0.25, 0.3) is 11.3 Å². The van der Waals surface area contributed by atoms with Gasteiger partial charge in [-0.3, -0.25) is 5.10 Å². The fourth-order valence-corrected chi connectivity index (χ4v) is 1.91. The van der Waals surface area contributed by atoms with Crippen LogP contribution in [-0.2, 0) is 6.42 Å². The van der Waals surface area contributed by atoms with Crippen molar-refractivity contribution in [3.05, 3.63) is 41.6 Å². The van der Waals surface area contributed by atoms with Crippen molar-refractivity contribution in [1.82, 2.24) is 10.2 Å². The van der Waals surface area contributed by atoms with E-state index in [0.717, 1.165) is 11.1 Å². The number of aromatic amines is 1. The lowest BCUT2D eigenvalue weighted by atomic mass is 9.98. The van der Waals surface area contributed by atoms with Crippen LogP contribution in [0.2, 0.25) is 0 Å². The molecule has 19 heavy (non-hydrogen) atoms. The molecule has 0 radical (unpaired) electrons. The van der Waals surface area contributed by atoms with Crippen molar-refractivity contribution in [1.29, 1.82) is 0 Å². The number of hydrogen-bond donors (Lipinski definition) is 2. The van der Waals surface area contributed by atoms with Gasteiger partial charge in [0.1, 0.15) is 11.4 Å². The fraction of sp³-hybridized carbons (Fsp3) is 0.286. The summed E-state index contributed by atoms with van der Waals surface area (Å²) in [6, 6.07) is 8.75. The lowest BCUT2D eigenvalue weighted by Gasteiger charge is -2.14. The summed E-state index contributed by atoms with van der Waals surface area (Å²) >= 11 is 0. The topological polar surface area (TPSA) is 66.0 Å². The molecule has 100 valence electrons. The lowest BCUT2D eigenvalue weighted by molar-refractivity contribution is 0.0690. The molecule has 0 aliphatic carbocycles. The van der Waals surface area contributed by atoms with Gasteiger partial charge in [0.2, 0.25) is 0 Å². The lowest BCUT2D eigenvalue weighted by Crippen LogP contribution is -2.15. The van der Waals surface area contributed by atoms with Gasteiger partial charge in [-0.05, 0) is 31.5 Å². The van der Waals surface area contributed by atoms with Crippen LogP contribution >= 0.6 is 0 Å². The van der Waals surface area contributed by atoms with Crippen LogP contribution in [0.15, 0.2) is 30.3 Å². The third-order valence-electron chi connectivity index (χ3n) is 2.66. The predicted octanol–water partition coefficient (Wildman–Crippen LogP) is 3.07. The molecule has 2 aromatic rings. The summed E-state index contributed by atoms with van der Waals surface area (Å²) < 4.78 is 13.6. The molecule has 0 fully saturated rings. The Morgan fingerprint density at radius 2 is 2.16 bits per heavy atom. The number of carboxylic acids is 1. The third-order valence-corrected chi connectivity index (χ3v) is 2.66. The van der Waals surface area contributed by atoms with E-state index in [4.69, 9.17) is 5.11 Å². The number of alkyl halides is 1. The first-order valence-electron chi connectivity index (χ1n) is 5.92. The molecule has 4 nitrogen and oxygen atoms in total. The Balaban J connectivity index is 2.29. The van der Waals surface area contributed by atoms with Crippen molar-refractivity contribution >= 4 is 5.97 Å². The Morgan fingerprint density at radius 1 is 1.42 bits per heavy atom. The molecule has 1 heterocycles. The van der Waals surface area contributed by atoms with E-state index in [1.807, 2.05) is 24.3 Å². The smallest absolute Gasteiger partial charge is 0.353 e. The van der Waals surface area contributed by atoms with Gasteiger partial charge in [0.25, 0.3) is 0 Å². The van der Waals surface area contributed by atoms with Crippen LogP contribution in [0.3, 0.4) is 0 Å². The number of rotatable bonds is 4. The molecular weight excluding hydrogens is 247 g/mol. The zero-order valence-electron chi connectivity index (χ0n) is 10.8. The van der Waals surface area contributed by atoms with Crippen LogP contribution in [0.1, 0.15) is 29.9 Å². The number of benzene rings is 1. The summed E-state index contributed by atoms with van der Waals surface area (Å²) in [5, 5.41) is 15.2. The second kappa shape index (κ2) is 4.84. The van der Waals surface area contributed by atoms with Crippen molar-refractivity contribution in [2.24, 2.45) is 0 Å². The first kappa shape index (κ1) is 13.3. The minimum Gasteiger partial charge on any atom is -0.477 e. The zero-order valence-corrected chi connectivity index (χ0v) is 10.8. The first-order chi connectivity index (χ1) is 8.85. The average molecular weight is 262 g/mol. The van der Waals surface area contributed by atoms with E-state index in [-0.39, 0.29) is 5.69 Å². The maximum atomic E-state index is 13.6. The largest absolute Gasteiger partial charge is 0.477 e. The Bertz CT molecular complexity index is 599. The van der Waals surface area contributed by atoms with E-state index in [2.05, 4.69) is 10.2 Å². The van der Waals surface area contributed by atoms with E-state index < -0.39 is 11.6 Å². The van der Waals surface area contributed by atoms with Crippen molar-refractivity contribution in [3.8, 4) is 11.3 Å². The molecule has 1 aromatic heterocycles. The summed E-state index contributed by atoms with van der Waals surface area (Å²) in [5.41, 5.74) is 0.911. The molecule has 5 heteroatoms. The van der Waals surface area contributed by atoms with Crippen LogP contribution in [0.5, 0.6) is 0 Å². The molecule has 0 bridgehead atoms. The molecule has 0 atom stereocenters. The highest BCUT2D eigenvalue weighted by Crippen LogP contribution is 2.22. The Hall–Kier alpha value is -2.17. The summed E-state index contributed by atoms with van der Waals surface area (Å²) in [5.74, 6) is -1.06. The summed E-state index contributed by atoms with van der Waals surface area (Å²) in [4.78, 5) is 10.8. The number of carboxylic acid groups (broad SMARTS) is 1. The fourth-order valence-electron chi connectivity index (χ4n) is 1.91. The van der Waals surface area contributed by atoms with Crippen LogP contribution in [0, 0.1) is 0 Å². The number of nitrogens with zero attached hydrogens (tertiary/aromatic N) is 1. The number of nitrogens with one attached hydrogen (secondary N) is 1. The van der Waals surface area contributed by atoms with E-state index in [1.165, 1.54) is 19.9 Å². The third kappa shape index (κ3) is 3.40. The number of hydrogen-bond acceptors (Lipinski definition) is 2. The first-order valence-corrected chi connectivity index (χ1v) is 5.92. The molecule has 0 saturated heterocycles. The van der Waals surface area contributed by atoms with Crippen LogP contribution in [0.4, 0.5) is 4.39 Å². The number of halogens is 1. The minimum atomic E-state index is -1.28. The number of H-pyrrole nitrogens is 1. The molecular formula is C14H15FN2O2. The number of aromatic carboxylic acids is 1. The summed E-state index contributed by atoms with van der Waals surface area (Å²) in [7, 11) is 0. The van der Waals surface area contributed by atoms with E-state index in [0.29, 0.717) is 12.1 Å². The highest BCUT2D eigenvalue weighted by Gasteiger charge is 2.17. The van der Waals surface area contributed by atoms with Gasteiger partial charge < -0.3 is 5.11 Å². The Labute approximate surface area is 110 Å². The van der Waals surface area contributed by atoms with E-state index >= 15 is 0 Å². The molecule has 1 aromatic carbocycles. The molecule has 0 saturated carbocycles. The Kier molecular flexibility index (Phi) is 3.38. The standard InChI is InChI=1S/C14H15FN2O2/c1-14(2,15)8-9-4-3-5-10(6-9)11-7-12(13(18)19)17-16-11/h3-7H,8H2,1-2H3,(H,16,17)(H,18,19). The van der Waals surface area contributed by atoms with Crippen molar-refractivity contribution in [2.45, 2.75) is 25.9 Å². The van der Waals surface area contributed by atoms with Gasteiger partial charge in [0.05, 0.1) is 5.69 Å². The highest BCUT2D eigenvalue weighted by atomic mass is 19.1. The number of carbonyl (C=O) groups is 1. The number of aromatic nitrogens is 2. The van der Waals surface area contributed by atoms with Crippen molar-refractivity contribution < 1.29 is 14.3 Å². The molecule has 0 amide bonds. The predicted molar refractivity (Wildman–Crippen MR) is 69.9 cm³/mol. The maximum Gasteiger partial charge on any atom is 0.353 e. The SMILES string of the molecule is CC(C)(F)Cc1cccc(-c2cc(C(=O)O)[nH]n2)c1. The van der Waals surface area contributed by atoms with Gasteiger partial charge >= 0.3 is 5.97 Å². The maximum absolute atomic E-state index is 13.6. The van der Waals surface area contributed by atoms with Crippen LogP contribution in [-0.4, -0.2) is 26.9 Å². The molecule has 0 aliphatic rings.